The van der Waals surface area contributed by atoms with Gasteiger partial charge in [0.05, 0.1) is 13.2 Å². The molecule has 0 atom stereocenters. The van der Waals surface area contributed by atoms with E-state index < -0.39 is 0 Å². The Balaban J connectivity index is 2.72. The molecule has 0 heterocycles. The molecule has 0 saturated carbocycles. The molecule has 0 amide bonds. The van der Waals surface area contributed by atoms with Crippen molar-refractivity contribution >= 4 is 0 Å². The van der Waals surface area contributed by atoms with Crippen molar-refractivity contribution in [1.82, 2.24) is 0 Å². The quantitative estimate of drug-likeness (QED) is 0.641. The van der Waals surface area contributed by atoms with Crippen molar-refractivity contribution in [2.75, 3.05) is 13.2 Å². The van der Waals surface area contributed by atoms with Crippen molar-refractivity contribution in [1.29, 1.82) is 0 Å². The highest BCUT2D eigenvalue weighted by molar-refractivity contribution is 5.41. The van der Waals surface area contributed by atoms with Crippen molar-refractivity contribution < 1.29 is 9.47 Å². The SMILES string of the molecule is C=CCc1cc(OCC)ccc1OCCC(C)C. The van der Waals surface area contributed by atoms with E-state index in [9.17, 15) is 0 Å². The molecule has 0 fully saturated rings. The fourth-order valence-corrected chi connectivity index (χ4v) is 1.67. The molecule has 2 nitrogen and oxygen atoms in total. The Morgan fingerprint density at radius 3 is 2.67 bits per heavy atom. The number of hydrogen-bond acceptors (Lipinski definition) is 2. The van der Waals surface area contributed by atoms with Crippen LogP contribution in [0.4, 0.5) is 0 Å². The summed E-state index contributed by atoms with van der Waals surface area (Å²) >= 11 is 0. The topological polar surface area (TPSA) is 18.5 Å². The molecule has 0 spiro atoms. The van der Waals surface area contributed by atoms with Gasteiger partial charge in [-0.2, -0.15) is 0 Å². The summed E-state index contributed by atoms with van der Waals surface area (Å²) in [5, 5.41) is 0. The van der Waals surface area contributed by atoms with E-state index in [0.717, 1.165) is 36.5 Å². The van der Waals surface area contributed by atoms with Crippen LogP contribution in [0, 0.1) is 5.92 Å². The Morgan fingerprint density at radius 1 is 1.28 bits per heavy atom. The summed E-state index contributed by atoms with van der Waals surface area (Å²) in [6.45, 7) is 11.6. The highest BCUT2D eigenvalue weighted by atomic mass is 16.5. The van der Waals surface area contributed by atoms with Gasteiger partial charge in [-0.1, -0.05) is 19.9 Å². The molecule has 18 heavy (non-hydrogen) atoms. The van der Waals surface area contributed by atoms with Gasteiger partial charge in [0.15, 0.2) is 0 Å². The normalized spacial score (nSPS) is 10.4. The van der Waals surface area contributed by atoms with Crippen LogP contribution in [0.1, 0.15) is 32.8 Å². The van der Waals surface area contributed by atoms with Gasteiger partial charge in [-0.3, -0.25) is 0 Å². The van der Waals surface area contributed by atoms with Gasteiger partial charge >= 0.3 is 0 Å². The minimum absolute atomic E-state index is 0.663. The number of allylic oxidation sites excluding steroid dienone is 1. The van der Waals surface area contributed by atoms with Gasteiger partial charge in [-0.15, -0.1) is 6.58 Å². The third-order valence-electron chi connectivity index (χ3n) is 2.66. The summed E-state index contributed by atoms with van der Waals surface area (Å²) in [4.78, 5) is 0. The van der Waals surface area contributed by atoms with Crippen LogP contribution in [0.2, 0.25) is 0 Å². The van der Waals surface area contributed by atoms with Gasteiger partial charge in [0.2, 0.25) is 0 Å². The van der Waals surface area contributed by atoms with Gasteiger partial charge in [0.25, 0.3) is 0 Å². The number of rotatable bonds is 8. The predicted molar refractivity (Wildman–Crippen MR) is 76.5 cm³/mol. The standard InChI is InChI=1S/C16H24O2/c1-5-7-14-12-15(17-6-2)8-9-16(14)18-11-10-13(3)4/h5,8-9,12-13H,1,6-7,10-11H2,2-4H3. The maximum Gasteiger partial charge on any atom is 0.123 e. The second kappa shape index (κ2) is 7.80. The van der Waals surface area contributed by atoms with E-state index in [1.54, 1.807) is 0 Å². The van der Waals surface area contributed by atoms with Crippen molar-refractivity contribution in [3.05, 3.63) is 36.4 Å². The Bertz CT molecular complexity index is 369. The summed E-state index contributed by atoms with van der Waals surface area (Å²) in [5.74, 6) is 2.50. The van der Waals surface area contributed by atoms with Crippen molar-refractivity contribution in [3.8, 4) is 11.5 Å². The monoisotopic (exact) mass is 248 g/mol. The van der Waals surface area contributed by atoms with Crippen LogP contribution in [0.25, 0.3) is 0 Å². The molecule has 0 aliphatic heterocycles. The minimum Gasteiger partial charge on any atom is -0.494 e. The molecule has 0 aromatic heterocycles. The lowest BCUT2D eigenvalue weighted by Crippen LogP contribution is -2.03. The van der Waals surface area contributed by atoms with E-state index in [1.165, 1.54) is 0 Å². The molecule has 1 rings (SSSR count). The van der Waals surface area contributed by atoms with Crippen molar-refractivity contribution in [2.45, 2.75) is 33.6 Å². The maximum atomic E-state index is 5.83. The summed E-state index contributed by atoms with van der Waals surface area (Å²) < 4.78 is 11.3. The van der Waals surface area contributed by atoms with Crippen molar-refractivity contribution in [2.24, 2.45) is 5.92 Å². The Kier molecular flexibility index (Phi) is 6.34. The number of ether oxygens (including phenoxy) is 2. The molecule has 0 radical (unpaired) electrons. The lowest BCUT2D eigenvalue weighted by molar-refractivity contribution is 0.286. The zero-order chi connectivity index (χ0) is 13.4. The molecule has 100 valence electrons. The highest BCUT2D eigenvalue weighted by Crippen LogP contribution is 2.25. The van der Waals surface area contributed by atoms with Crippen LogP contribution in [-0.2, 0) is 6.42 Å². The lowest BCUT2D eigenvalue weighted by atomic mass is 10.1. The molecule has 0 saturated heterocycles. The van der Waals surface area contributed by atoms with E-state index in [2.05, 4.69) is 20.4 Å². The smallest absolute Gasteiger partial charge is 0.123 e. The van der Waals surface area contributed by atoms with E-state index >= 15 is 0 Å². The number of benzene rings is 1. The van der Waals surface area contributed by atoms with Crippen LogP contribution < -0.4 is 9.47 Å². The summed E-state index contributed by atoms with van der Waals surface area (Å²) in [5.41, 5.74) is 1.14. The van der Waals surface area contributed by atoms with Gasteiger partial charge in [-0.25, -0.2) is 0 Å². The van der Waals surface area contributed by atoms with Crippen LogP contribution in [0.15, 0.2) is 30.9 Å². The van der Waals surface area contributed by atoms with Gasteiger partial charge in [-0.05, 0) is 43.9 Å². The Labute approximate surface area is 111 Å². The average Bonchev–Trinajstić information content (AvgIpc) is 2.32. The van der Waals surface area contributed by atoms with Gasteiger partial charge in [0.1, 0.15) is 11.5 Å². The molecule has 0 aliphatic carbocycles. The van der Waals surface area contributed by atoms with E-state index in [0.29, 0.717) is 12.5 Å². The molecule has 0 unspecified atom stereocenters. The first kappa shape index (κ1) is 14.6. The molecule has 1 aromatic carbocycles. The molecule has 1 aromatic rings. The summed E-state index contributed by atoms with van der Waals surface area (Å²) in [7, 11) is 0. The van der Waals surface area contributed by atoms with E-state index in [-0.39, 0.29) is 0 Å². The largest absolute Gasteiger partial charge is 0.494 e. The third-order valence-corrected chi connectivity index (χ3v) is 2.66. The predicted octanol–water partition coefficient (Wildman–Crippen LogP) is 4.24. The first-order chi connectivity index (χ1) is 8.67. The van der Waals surface area contributed by atoms with Crippen LogP contribution in [0.5, 0.6) is 11.5 Å². The highest BCUT2D eigenvalue weighted by Gasteiger charge is 2.05. The molecule has 0 aliphatic rings. The van der Waals surface area contributed by atoms with Crippen molar-refractivity contribution in [3.63, 3.8) is 0 Å². The van der Waals surface area contributed by atoms with E-state index in [4.69, 9.17) is 9.47 Å². The molecular weight excluding hydrogens is 224 g/mol. The lowest BCUT2D eigenvalue weighted by Gasteiger charge is -2.13. The molecular formula is C16H24O2. The first-order valence-electron chi connectivity index (χ1n) is 6.66. The first-order valence-corrected chi connectivity index (χ1v) is 6.66. The van der Waals surface area contributed by atoms with E-state index in [1.807, 2.05) is 31.2 Å². The minimum atomic E-state index is 0.663. The van der Waals surface area contributed by atoms with Gasteiger partial charge in [0, 0.05) is 5.56 Å². The second-order valence-electron chi connectivity index (χ2n) is 4.73. The second-order valence-corrected chi connectivity index (χ2v) is 4.73. The molecule has 0 N–H and O–H groups in total. The maximum absolute atomic E-state index is 5.83. The Morgan fingerprint density at radius 2 is 2.06 bits per heavy atom. The number of hydrogen-bond donors (Lipinski definition) is 0. The fraction of sp³-hybridized carbons (Fsp3) is 0.500. The average molecular weight is 248 g/mol. The third kappa shape index (κ3) is 4.82. The zero-order valence-corrected chi connectivity index (χ0v) is 11.7. The van der Waals surface area contributed by atoms with Gasteiger partial charge < -0.3 is 9.47 Å². The van der Waals surface area contributed by atoms with Crippen LogP contribution in [-0.4, -0.2) is 13.2 Å². The van der Waals surface area contributed by atoms with Crippen LogP contribution >= 0.6 is 0 Å². The van der Waals surface area contributed by atoms with Crippen LogP contribution in [0.3, 0.4) is 0 Å². The summed E-state index contributed by atoms with van der Waals surface area (Å²) in [6.07, 6.45) is 3.76. The Hall–Kier alpha value is -1.44. The summed E-state index contributed by atoms with van der Waals surface area (Å²) in [6, 6.07) is 5.99. The molecule has 2 heteroatoms. The fourth-order valence-electron chi connectivity index (χ4n) is 1.67. The molecule has 0 bridgehead atoms. The zero-order valence-electron chi connectivity index (χ0n) is 11.7.